The summed E-state index contributed by atoms with van der Waals surface area (Å²) < 4.78 is 22.2. The van der Waals surface area contributed by atoms with Crippen molar-refractivity contribution in [1.82, 2.24) is 0 Å². The van der Waals surface area contributed by atoms with Crippen LogP contribution < -0.4 is 5.19 Å². The van der Waals surface area contributed by atoms with Gasteiger partial charge in [-0.1, -0.05) is 25.6 Å². The molecule has 0 nitrogen and oxygen atoms in total. The molecule has 0 spiro atoms. The van der Waals surface area contributed by atoms with E-state index in [9.17, 15) is 0 Å². The van der Waals surface area contributed by atoms with Gasteiger partial charge in [-0.3, -0.25) is 0 Å². The molecule has 9 heavy (non-hydrogen) atoms. The Labute approximate surface area is 65.8 Å². The van der Waals surface area contributed by atoms with Gasteiger partial charge in [0.05, 0.1) is 8.07 Å². The highest BCUT2D eigenvalue weighted by Gasteiger charge is 2.15. The zero-order chi connectivity index (χ0) is 9.41. The summed E-state index contributed by atoms with van der Waals surface area (Å²) in [5, 5.41) is 4.93. The Balaban J connectivity index is 3.02. The SMILES string of the molecule is [2H]C([2H])([2H])[Si](C)(C)c1ccsc1. The lowest BCUT2D eigenvalue weighted by Gasteiger charge is -2.12. The molecule has 1 heterocycles. The van der Waals surface area contributed by atoms with Crippen LogP contribution in [0.25, 0.3) is 0 Å². The molecule has 0 radical (unpaired) electrons. The summed E-state index contributed by atoms with van der Waals surface area (Å²) in [5.41, 5.74) is 0. The predicted octanol–water partition coefficient (Wildman–Crippen LogP) is 2.29. The van der Waals surface area contributed by atoms with E-state index in [1.165, 1.54) is 0 Å². The second-order valence-electron chi connectivity index (χ2n) is 2.64. The molecule has 0 bridgehead atoms. The van der Waals surface area contributed by atoms with Gasteiger partial charge in [0.25, 0.3) is 0 Å². The standard InChI is InChI=1S/C7H12SSi/c1-9(2,3)7-4-5-8-6-7/h4-6H,1-3H3/i1D3. The van der Waals surface area contributed by atoms with Crippen molar-refractivity contribution in [3.8, 4) is 0 Å². The van der Waals surface area contributed by atoms with E-state index in [1.54, 1.807) is 11.3 Å². The van der Waals surface area contributed by atoms with Crippen LogP contribution in [0.15, 0.2) is 16.8 Å². The molecule has 0 fully saturated rings. The lowest BCUT2D eigenvalue weighted by molar-refractivity contribution is 1.76. The summed E-state index contributed by atoms with van der Waals surface area (Å²) in [7, 11) is -2.22. The molecule has 0 N–H and O–H groups in total. The van der Waals surface area contributed by atoms with Gasteiger partial charge < -0.3 is 0 Å². The average molecular weight is 159 g/mol. The second-order valence-corrected chi connectivity index (χ2v) is 7.24. The fourth-order valence-electron chi connectivity index (χ4n) is 0.620. The zero-order valence-corrected chi connectivity index (χ0v) is 7.46. The van der Waals surface area contributed by atoms with Gasteiger partial charge in [0.15, 0.2) is 0 Å². The third kappa shape index (κ3) is 1.66. The number of rotatable bonds is 1. The van der Waals surface area contributed by atoms with Gasteiger partial charge in [0, 0.05) is 4.11 Å². The normalized spacial score (nSPS) is 18.2. The van der Waals surface area contributed by atoms with Crippen molar-refractivity contribution in [3.63, 3.8) is 0 Å². The first kappa shape index (κ1) is 3.94. The molecule has 0 atom stereocenters. The first-order valence-corrected chi connectivity index (χ1v) is 6.82. The molecule has 0 saturated carbocycles. The van der Waals surface area contributed by atoms with E-state index in [0.717, 1.165) is 5.19 Å². The smallest absolute Gasteiger partial charge is 0.0786 e. The Morgan fingerprint density at radius 2 is 2.44 bits per heavy atom. The number of hydrogen-bond acceptors (Lipinski definition) is 1. The highest BCUT2D eigenvalue weighted by molar-refractivity contribution is 7.10. The molecule has 0 aliphatic carbocycles. The fraction of sp³-hybridized carbons (Fsp3) is 0.429. The molecule has 1 rings (SSSR count). The van der Waals surface area contributed by atoms with Gasteiger partial charge in [-0.2, -0.15) is 11.3 Å². The molecule has 2 heteroatoms. The summed E-state index contributed by atoms with van der Waals surface area (Å²) in [6.45, 7) is 2.00. The Hall–Kier alpha value is -0.0831. The fourth-order valence-corrected chi connectivity index (χ4v) is 3.15. The third-order valence-electron chi connectivity index (χ3n) is 1.24. The summed E-state index contributed by atoms with van der Waals surface area (Å²) >= 11 is 1.57. The molecule has 0 amide bonds. The molecule has 0 aromatic carbocycles. The van der Waals surface area contributed by atoms with Crippen LogP contribution >= 0.6 is 11.3 Å². The highest BCUT2D eigenvalue weighted by Crippen LogP contribution is 2.04. The summed E-state index contributed by atoms with van der Waals surface area (Å²) in [5.74, 6) is 0. The van der Waals surface area contributed by atoms with Crippen LogP contribution in [0, 0.1) is 0 Å². The maximum Gasteiger partial charge on any atom is 0.0786 e. The molecular formula is C7H12SSi. The first-order valence-electron chi connectivity index (χ1n) is 4.38. The average Bonchev–Trinajstić information content (AvgIpc) is 2.34. The van der Waals surface area contributed by atoms with Crippen molar-refractivity contribution in [2.24, 2.45) is 0 Å². The van der Waals surface area contributed by atoms with Crippen molar-refractivity contribution in [3.05, 3.63) is 16.8 Å². The van der Waals surface area contributed by atoms with Gasteiger partial charge in [0.1, 0.15) is 0 Å². The predicted molar refractivity (Wildman–Crippen MR) is 47.3 cm³/mol. The van der Waals surface area contributed by atoms with Crippen molar-refractivity contribution in [2.45, 2.75) is 19.6 Å². The molecule has 50 valence electrons. The molecule has 0 aliphatic heterocycles. The quantitative estimate of drug-likeness (QED) is 0.552. The van der Waals surface area contributed by atoms with E-state index >= 15 is 0 Å². The van der Waals surface area contributed by atoms with Crippen molar-refractivity contribution < 1.29 is 4.11 Å². The molecule has 0 aliphatic rings. The Morgan fingerprint density at radius 1 is 1.67 bits per heavy atom. The van der Waals surface area contributed by atoms with Gasteiger partial charge in [-0.15, -0.1) is 0 Å². The van der Waals surface area contributed by atoms with Crippen LogP contribution in [0.2, 0.25) is 19.6 Å². The second kappa shape index (κ2) is 2.27. The Kier molecular flexibility index (Phi) is 0.993. The summed E-state index contributed by atoms with van der Waals surface area (Å²) in [6, 6.07) is 1.93. The van der Waals surface area contributed by atoms with E-state index in [1.807, 2.05) is 29.9 Å². The number of thiophene rings is 1. The van der Waals surface area contributed by atoms with Gasteiger partial charge in [-0.25, -0.2) is 0 Å². The van der Waals surface area contributed by atoms with Crippen LogP contribution in [0.3, 0.4) is 0 Å². The third-order valence-corrected chi connectivity index (χ3v) is 3.89. The van der Waals surface area contributed by atoms with Crippen LogP contribution in [0.5, 0.6) is 0 Å². The lowest BCUT2D eigenvalue weighted by Crippen LogP contribution is -2.35. The topological polar surface area (TPSA) is 0 Å². The molecule has 1 aromatic heterocycles. The van der Waals surface area contributed by atoms with E-state index in [-0.39, 0.29) is 0 Å². The van der Waals surface area contributed by atoms with Gasteiger partial charge >= 0.3 is 0 Å². The first-order chi connectivity index (χ1) is 5.36. The minimum Gasteiger partial charge on any atom is -0.153 e. The number of hydrogen-bond donors (Lipinski definition) is 0. The minimum absolute atomic E-state index is 1.03. The molecule has 0 saturated heterocycles. The van der Waals surface area contributed by atoms with Crippen molar-refractivity contribution in [1.29, 1.82) is 0 Å². The van der Waals surface area contributed by atoms with Crippen LogP contribution in [0.1, 0.15) is 4.11 Å². The molecule has 0 unspecified atom stereocenters. The Bertz CT molecular complexity index is 250. The summed E-state index contributed by atoms with van der Waals surface area (Å²) in [4.78, 5) is 0. The van der Waals surface area contributed by atoms with E-state index in [4.69, 9.17) is 4.11 Å². The summed E-state index contributed by atoms with van der Waals surface area (Å²) in [6.07, 6.45) is 0. The van der Waals surface area contributed by atoms with Crippen LogP contribution in [-0.2, 0) is 0 Å². The Morgan fingerprint density at radius 3 is 2.89 bits per heavy atom. The zero-order valence-electron chi connectivity index (χ0n) is 8.64. The maximum atomic E-state index is 7.41. The van der Waals surface area contributed by atoms with Gasteiger partial charge in [-0.05, 0) is 15.9 Å². The highest BCUT2D eigenvalue weighted by atomic mass is 32.1. The minimum atomic E-state index is -2.22. The monoisotopic (exact) mass is 159 g/mol. The van der Waals surface area contributed by atoms with Crippen LogP contribution in [0.4, 0.5) is 0 Å². The van der Waals surface area contributed by atoms with Crippen molar-refractivity contribution >= 4 is 24.6 Å². The van der Waals surface area contributed by atoms with E-state index in [2.05, 4.69) is 0 Å². The van der Waals surface area contributed by atoms with E-state index < -0.39 is 14.5 Å². The van der Waals surface area contributed by atoms with Crippen molar-refractivity contribution in [2.75, 3.05) is 0 Å². The largest absolute Gasteiger partial charge is 0.153 e. The molecular weight excluding hydrogens is 144 g/mol. The molecule has 1 aromatic rings. The van der Waals surface area contributed by atoms with Crippen LogP contribution in [-0.4, -0.2) is 8.07 Å². The lowest BCUT2D eigenvalue weighted by atomic mass is 10.7. The maximum absolute atomic E-state index is 7.41. The van der Waals surface area contributed by atoms with Gasteiger partial charge in [0.2, 0.25) is 0 Å². The van der Waals surface area contributed by atoms with E-state index in [0.29, 0.717) is 0 Å².